The van der Waals surface area contributed by atoms with E-state index in [2.05, 4.69) is 11.6 Å². The third-order valence-corrected chi connectivity index (χ3v) is 14.0. The van der Waals surface area contributed by atoms with E-state index in [4.69, 9.17) is 45.3 Å². The number of fused-ring (bicyclic) bond motifs is 9. The fourth-order valence-corrected chi connectivity index (χ4v) is 10.5. The molecule has 5 N–H and O–H groups in total. The van der Waals surface area contributed by atoms with E-state index >= 15 is 0 Å². The van der Waals surface area contributed by atoms with Crippen molar-refractivity contribution in [2.24, 2.45) is 23.7 Å². The lowest BCUT2D eigenvalue weighted by Crippen LogP contribution is -2.50. The molecule has 7 heterocycles. The van der Waals surface area contributed by atoms with Crippen LogP contribution in [0.1, 0.15) is 121 Å². The van der Waals surface area contributed by atoms with Gasteiger partial charge in [-0.15, -0.1) is 5.98 Å². The smallest absolute Gasteiger partial charge is 0.330 e. The molecule has 15 atom stereocenters. The van der Waals surface area contributed by atoms with Gasteiger partial charge in [-0.3, -0.25) is 0 Å². The van der Waals surface area contributed by atoms with Gasteiger partial charge in [0.1, 0.15) is 44.0 Å². The van der Waals surface area contributed by atoms with E-state index in [1.807, 2.05) is 52.0 Å². The summed E-state index contributed by atoms with van der Waals surface area (Å²) in [5.41, 5.74) is 3.72. The van der Waals surface area contributed by atoms with Crippen molar-refractivity contribution < 1.29 is 62.8 Å². The second-order valence-corrected chi connectivity index (χ2v) is 19.9. The van der Waals surface area contributed by atoms with Gasteiger partial charge in [0.25, 0.3) is 0 Å². The summed E-state index contributed by atoms with van der Waals surface area (Å²) in [5.74, 6) is -1.15. The van der Waals surface area contributed by atoms with Crippen molar-refractivity contribution in [3.63, 3.8) is 0 Å². The predicted octanol–water partition coefficient (Wildman–Crippen LogP) is 6.72. The van der Waals surface area contributed by atoms with Crippen LogP contribution in [-0.2, 0) is 34.9 Å². The molecule has 0 aromatic carbocycles. The lowest BCUT2D eigenvalue weighted by molar-refractivity contribution is -0.279. The highest BCUT2D eigenvalue weighted by Gasteiger charge is 2.45. The van der Waals surface area contributed by atoms with Crippen LogP contribution in [0, 0.1) is 23.7 Å². The van der Waals surface area contributed by atoms with E-state index in [-0.39, 0.29) is 80.0 Å². The van der Waals surface area contributed by atoms with E-state index in [9.17, 15) is 30.3 Å². The van der Waals surface area contributed by atoms with Crippen molar-refractivity contribution in [2.75, 3.05) is 13.2 Å². The Labute approximate surface area is 407 Å². The van der Waals surface area contributed by atoms with Gasteiger partial charge in [-0.2, -0.15) is 0 Å². The normalized spacial score (nSPS) is 36.1. The Morgan fingerprint density at radius 2 is 1.77 bits per heavy atom. The van der Waals surface area contributed by atoms with Gasteiger partial charge in [-0.05, 0) is 82.4 Å². The summed E-state index contributed by atoms with van der Waals surface area (Å²) >= 11 is 0. The average Bonchev–Trinajstić information content (AvgIpc) is 3.96. The molecule has 0 unspecified atom stereocenters. The average molecular weight is 955 g/mol. The Hall–Kier alpha value is -4.23. The molecule has 2 radical (unpaired) electrons. The number of carbonyl (C=O) groups is 1. The third-order valence-electron chi connectivity index (χ3n) is 14.0. The molecule has 8 bridgehead atoms. The molecule has 374 valence electrons. The van der Waals surface area contributed by atoms with Crippen LogP contribution < -0.4 is 0 Å². The van der Waals surface area contributed by atoms with Gasteiger partial charge in [0, 0.05) is 56.3 Å². The molecule has 2 aromatic rings. The lowest BCUT2D eigenvalue weighted by atomic mass is 9.79. The molecular formula is C53H71BN2O13. The molecule has 5 aliphatic heterocycles. The van der Waals surface area contributed by atoms with Gasteiger partial charge in [0.15, 0.2) is 11.7 Å². The van der Waals surface area contributed by atoms with Crippen molar-refractivity contribution in [3.8, 4) is 0 Å². The Kier molecular flexibility index (Phi) is 18.5. The third kappa shape index (κ3) is 14.5. The highest BCUT2D eigenvalue weighted by atomic mass is 16.6. The van der Waals surface area contributed by atoms with Crippen molar-refractivity contribution in [3.05, 3.63) is 108 Å². The zero-order valence-electron chi connectivity index (χ0n) is 40.4. The quantitative estimate of drug-likeness (QED) is 0.0646. The van der Waals surface area contributed by atoms with E-state index in [1.165, 1.54) is 18.3 Å². The summed E-state index contributed by atoms with van der Waals surface area (Å²) in [5, 5.41) is 53.7. The lowest BCUT2D eigenvalue weighted by Gasteiger charge is -2.44. The van der Waals surface area contributed by atoms with Crippen LogP contribution in [-0.4, -0.2) is 123 Å². The molecule has 0 spiro atoms. The van der Waals surface area contributed by atoms with Crippen molar-refractivity contribution in [2.45, 2.75) is 165 Å². The highest BCUT2D eigenvalue weighted by Crippen LogP contribution is 2.40. The maximum Gasteiger partial charge on any atom is 0.330 e. The number of aliphatic hydroxyl groups is 5. The molecule has 0 aliphatic carbocycles. The second-order valence-electron chi connectivity index (χ2n) is 19.9. The van der Waals surface area contributed by atoms with Crippen LogP contribution in [0.25, 0.3) is 12.2 Å². The minimum Gasteiger partial charge on any atom is -0.458 e. The molecule has 16 heteroatoms. The molecule has 0 amide bonds. The molecule has 4 fully saturated rings. The number of ether oxygens (including phenoxy) is 5. The summed E-state index contributed by atoms with van der Waals surface area (Å²) in [7, 11) is 5.45. The zero-order valence-corrected chi connectivity index (χ0v) is 40.4. The predicted molar refractivity (Wildman–Crippen MR) is 258 cm³/mol. The molecule has 69 heavy (non-hydrogen) atoms. The van der Waals surface area contributed by atoms with Gasteiger partial charge in [0.05, 0.1) is 55.3 Å². The van der Waals surface area contributed by atoms with Crippen LogP contribution in [0.3, 0.4) is 0 Å². The van der Waals surface area contributed by atoms with Gasteiger partial charge in [0.2, 0.25) is 5.89 Å². The van der Waals surface area contributed by atoms with E-state index < -0.39 is 48.4 Å². The summed E-state index contributed by atoms with van der Waals surface area (Å²) in [4.78, 5) is 22.9. The van der Waals surface area contributed by atoms with Gasteiger partial charge in [-0.1, -0.05) is 68.0 Å². The Morgan fingerprint density at radius 1 is 0.971 bits per heavy atom. The number of allylic oxidation sites excluding steroid dienone is 3. The first-order chi connectivity index (χ1) is 33.1. The number of oxazole rings is 2. The summed E-state index contributed by atoms with van der Waals surface area (Å²) in [6.45, 7) is 11.8. The summed E-state index contributed by atoms with van der Waals surface area (Å²) < 4.78 is 43.9. The second kappa shape index (κ2) is 24.3. The van der Waals surface area contributed by atoms with Crippen LogP contribution in [0.5, 0.6) is 0 Å². The van der Waals surface area contributed by atoms with E-state index in [1.54, 1.807) is 30.6 Å². The molecular weight excluding hydrogens is 883 g/mol. The maximum atomic E-state index is 13.5. The summed E-state index contributed by atoms with van der Waals surface area (Å²) in [6.07, 6.45) is 18.9. The molecule has 0 saturated carbocycles. The molecule has 2 aromatic heterocycles. The van der Waals surface area contributed by atoms with Gasteiger partial charge >= 0.3 is 5.97 Å². The van der Waals surface area contributed by atoms with Crippen molar-refractivity contribution in [1.29, 1.82) is 0 Å². The molecule has 5 aliphatic rings. The maximum absolute atomic E-state index is 13.5. The number of hydrogen-bond acceptors (Lipinski definition) is 15. The number of carbonyl (C=O) groups excluding carboxylic acids is 1. The van der Waals surface area contributed by atoms with Crippen LogP contribution >= 0.6 is 0 Å². The monoisotopic (exact) mass is 955 g/mol. The van der Waals surface area contributed by atoms with Crippen LogP contribution in [0.2, 0.25) is 0 Å². The standard InChI is InChI=1S/C53H71BN2O13/c1-31(14-15-36(27-57)9-8-16-54)19-44(60)47-21-37(28-58)25-53(62,69-47)26-49-55-38(29-63-49)20-33(3)51-35(5)52-34(4)45(67-51)11-7-12-48-56-43(30-64-48)46-23-39(59)22-42(66-46)24-41-18-32(2)17-40(65-41)10-6-13-50(61)68-52/h6-8,12-16,19-20,29-30,34-37,39-42,44-47,51-52,57-60,62H,2,9-11,17-18,21-28H2,1,3-5H3/b12-7+,13-6-,15-14+,16-8+,31-19+,33-20+/t34-,35-,36+,37+,39+,40-,41+,42-,44+,45+,46+,47+,51-,52-,53-/m0/s1. The van der Waals surface area contributed by atoms with Crippen LogP contribution in [0.15, 0.2) is 93.2 Å². The number of aromatic nitrogens is 2. The summed E-state index contributed by atoms with van der Waals surface area (Å²) in [6, 6.07) is 0. The molecule has 15 nitrogen and oxygen atoms in total. The van der Waals surface area contributed by atoms with E-state index in [0.717, 1.165) is 16.7 Å². The zero-order chi connectivity index (χ0) is 49.2. The fourth-order valence-electron chi connectivity index (χ4n) is 10.5. The minimum atomic E-state index is -1.78. The molecule has 7 rings (SSSR count). The van der Waals surface area contributed by atoms with Crippen molar-refractivity contribution >= 4 is 26.0 Å². The Bertz CT molecular complexity index is 2210. The molecule has 4 saturated heterocycles. The van der Waals surface area contributed by atoms with E-state index in [0.29, 0.717) is 75.1 Å². The first kappa shape index (κ1) is 52.6. The minimum absolute atomic E-state index is 0.0551. The number of aliphatic hydroxyl groups excluding tert-OH is 4. The Balaban J connectivity index is 1.06. The topological polar surface area (TPSA) is 216 Å². The first-order valence-electron chi connectivity index (χ1n) is 24.6. The largest absolute Gasteiger partial charge is 0.458 e. The van der Waals surface area contributed by atoms with Gasteiger partial charge in [-0.25, -0.2) is 14.8 Å². The number of nitrogens with zero attached hydrogens (tertiary/aromatic N) is 2. The van der Waals surface area contributed by atoms with Crippen molar-refractivity contribution in [1.82, 2.24) is 9.97 Å². The van der Waals surface area contributed by atoms with Gasteiger partial charge < -0.3 is 58.1 Å². The first-order valence-corrected chi connectivity index (χ1v) is 24.6. The Morgan fingerprint density at radius 3 is 2.55 bits per heavy atom. The fraction of sp³-hybridized carbons (Fsp3) is 0.604. The SMILES string of the molecule is [B]/C=C/C[C@H](/C=C/C(C)=C/[C@@H](O)[C@H]1C[C@@H](CO)C[C@@](O)(Cc2nc(/C=C(\C)[C@@H]3O[C@@H]4C/C=C/c5nc(co5)[C@H]5C[C@H](O)C[C@@H](C[C@H]6CC(=C)C[C@H](C/C=C\C(=O)O[C@@H]([C@H]4C)[C@H]3C)O6)O5)co2)O1)CO. The highest BCUT2D eigenvalue weighted by molar-refractivity contribution is 6.16. The van der Waals surface area contributed by atoms with Crippen LogP contribution in [0.4, 0.5) is 0 Å². The number of hydrogen-bond donors (Lipinski definition) is 5. The number of esters is 1. The number of rotatable bonds is 12.